The minimum Gasteiger partial charge on any atom is -0.772 e. The number of hydrogen-bond acceptors (Lipinski definition) is 4. The molecule has 1 atom stereocenters. The Labute approximate surface area is 214 Å². The summed E-state index contributed by atoms with van der Waals surface area (Å²) < 4.78 is 63.8. The minimum atomic E-state index is -4.54. The first-order chi connectivity index (χ1) is 17.8. The van der Waals surface area contributed by atoms with Crippen LogP contribution in [0.25, 0.3) is 33.2 Å². The second-order valence-corrected chi connectivity index (χ2v) is 9.53. The van der Waals surface area contributed by atoms with E-state index in [2.05, 4.69) is 9.97 Å². The highest BCUT2D eigenvalue weighted by molar-refractivity contribution is 7.78. The average Bonchev–Trinajstić information content (AvgIpc) is 2.88. The number of para-hydroxylation sites is 1. The largest absolute Gasteiger partial charge is 0.772 e. The Morgan fingerprint density at radius 3 is 2.30 bits per heavy atom. The molecule has 2 aromatic heterocycles. The zero-order chi connectivity index (χ0) is 26.0. The number of fused-ring (bicyclic) bond motifs is 1. The maximum absolute atomic E-state index is 13.8. The van der Waals surface area contributed by atoms with Gasteiger partial charge in [0.15, 0.2) is 0 Å². The lowest BCUT2D eigenvalue weighted by Crippen LogP contribution is -2.07. The van der Waals surface area contributed by atoms with Gasteiger partial charge in [0.2, 0.25) is 0 Å². The SMILES string of the molecule is O=S([O-])Cc1cncc(-c2cccc(-c3c(Cc4ccccc4)cnc4c(C(F)(F)F)cccc34)c2)c1. The highest BCUT2D eigenvalue weighted by atomic mass is 32.2. The van der Waals surface area contributed by atoms with Crippen LogP contribution in [-0.4, -0.2) is 18.7 Å². The summed E-state index contributed by atoms with van der Waals surface area (Å²) >= 11 is -2.25. The van der Waals surface area contributed by atoms with Gasteiger partial charge in [0.05, 0.1) is 11.1 Å². The summed E-state index contributed by atoms with van der Waals surface area (Å²) in [5, 5.41) is 0.411. The Morgan fingerprint density at radius 1 is 0.784 bits per heavy atom. The van der Waals surface area contributed by atoms with Gasteiger partial charge in [-0.3, -0.25) is 14.2 Å². The maximum atomic E-state index is 13.8. The van der Waals surface area contributed by atoms with Crippen molar-refractivity contribution in [2.45, 2.75) is 18.3 Å². The monoisotopic (exact) mass is 517 g/mol. The molecule has 0 fully saturated rings. The normalized spacial score (nSPS) is 12.5. The molecule has 5 aromatic rings. The van der Waals surface area contributed by atoms with Crippen LogP contribution in [0.3, 0.4) is 0 Å². The van der Waals surface area contributed by atoms with E-state index < -0.39 is 22.8 Å². The molecule has 0 spiro atoms. The van der Waals surface area contributed by atoms with Crippen LogP contribution in [0, 0.1) is 0 Å². The molecule has 4 nitrogen and oxygen atoms in total. The quantitative estimate of drug-likeness (QED) is 0.229. The van der Waals surface area contributed by atoms with E-state index in [-0.39, 0.29) is 11.3 Å². The summed E-state index contributed by atoms with van der Waals surface area (Å²) in [4.78, 5) is 8.43. The van der Waals surface area contributed by atoms with Crippen molar-refractivity contribution in [3.05, 3.63) is 120 Å². The summed E-state index contributed by atoms with van der Waals surface area (Å²) in [5.74, 6) is -0.156. The lowest BCUT2D eigenvalue weighted by molar-refractivity contribution is -0.136. The molecule has 0 amide bonds. The van der Waals surface area contributed by atoms with E-state index in [4.69, 9.17) is 0 Å². The Morgan fingerprint density at radius 2 is 1.54 bits per heavy atom. The highest BCUT2D eigenvalue weighted by Crippen LogP contribution is 2.39. The predicted octanol–water partition coefficient (Wildman–Crippen LogP) is 6.95. The third kappa shape index (κ3) is 5.45. The Hall–Kier alpha value is -3.88. The molecule has 0 saturated carbocycles. The average molecular weight is 518 g/mol. The van der Waals surface area contributed by atoms with E-state index >= 15 is 0 Å². The van der Waals surface area contributed by atoms with Crippen molar-refractivity contribution < 1.29 is 21.9 Å². The van der Waals surface area contributed by atoms with Crippen molar-refractivity contribution in [3.63, 3.8) is 0 Å². The molecule has 0 radical (unpaired) electrons. The van der Waals surface area contributed by atoms with Gasteiger partial charge in [-0.05, 0) is 58.0 Å². The third-order valence-electron chi connectivity index (χ3n) is 6.08. The van der Waals surface area contributed by atoms with Gasteiger partial charge in [-0.15, -0.1) is 0 Å². The number of rotatable bonds is 6. The van der Waals surface area contributed by atoms with Gasteiger partial charge in [0, 0.05) is 35.3 Å². The topological polar surface area (TPSA) is 65.9 Å². The summed E-state index contributed by atoms with van der Waals surface area (Å²) in [6, 6.07) is 23.0. The second-order valence-electron chi connectivity index (χ2n) is 8.63. The van der Waals surface area contributed by atoms with Crippen LogP contribution in [0.5, 0.6) is 0 Å². The number of nitrogens with zero attached hydrogens (tertiary/aromatic N) is 2. The molecule has 3 aromatic carbocycles. The standard InChI is InChI=1S/C29H21F3N2O2S/c30-29(31,32)26-11-5-10-25-27(24(17-34-28(25)26)12-19-6-2-1-3-7-19)22-9-4-8-21(14-22)23-13-20(15-33-16-23)18-37(35)36/h1-11,13-17H,12,18H2,(H,35,36)/p-1. The number of benzene rings is 3. The summed E-state index contributed by atoms with van der Waals surface area (Å²) in [6.45, 7) is 0. The van der Waals surface area contributed by atoms with Gasteiger partial charge >= 0.3 is 6.18 Å². The van der Waals surface area contributed by atoms with Crippen molar-refractivity contribution in [2.24, 2.45) is 0 Å². The fourth-order valence-corrected chi connectivity index (χ4v) is 4.93. The Bertz CT molecular complexity index is 1600. The fourth-order valence-electron chi connectivity index (χ4n) is 4.50. The van der Waals surface area contributed by atoms with Crippen LogP contribution >= 0.6 is 0 Å². The van der Waals surface area contributed by atoms with Crippen molar-refractivity contribution in [3.8, 4) is 22.3 Å². The molecule has 186 valence electrons. The Kier molecular flexibility index (Phi) is 6.86. The zero-order valence-electron chi connectivity index (χ0n) is 19.4. The first-order valence-corrected chi connectivity index (χ1v) is 12.7. The molecule has 5 rings (SSSR count). The van der Waals surface area contributed by atoms with E-state index in [1.165, 1.54) is 18.5 Å². The molecule has 1 unspecified atom stereocenters. The molecule has 0 aliphatic heterocycles. The van der Waals surface area contributed by atoms with Gasteiger partial charge in [-0.25, -0.2) is 0 Å². The van der Waals surface area contributed by atoms with E-state index in [0.717, 1.165) is 28.3 Å². The van der Waals surface area contributed by atoms with Crippen molar-refractivity contribution in [1.29, 1.82) is 0 Å². The predicted molar refractivity (Wildman–Crippen MR) is 137 cm³/mol. The summed E-state index contributed by atoms with van der Waals surface area (Å²) in [7, 11) is 0. The molecule has 0 aliphatic carbocycles. The van der Waals surface area contributed by atoms with Gasteiger partial charge < -0.3 is 4.55 Å². The zero-order valence-corrected chi connectivity index (χ0v) is 20.2. The summed E-state index contributed by atoms with van der Waals surface area (Å²) in [5.41, 5.74) is 4.35. The fraction of sp³-hybridized carbons (Fsp3) is 0.103. The smallest absolute Gasteiger partial charge is 0.418 e. The third-order valence-corrected chi connectivity index (χ3v) is 6.65. The van der Waals surface area contributed by atoms with Gasteiger partial charge in [-0.2, -0.15) is 13.2 Å². The molecule has 0 bridgehead atoms. The first-order valence-electron chi connectivity index (χ1n) is 11.4. The van der Waals surface area contributed by atoms with Crippen molar-refractivity contribution in [1.82, 2.24) is 9.97 Å². The van der Waals surface area contributed by atoms with E-state index in [0.29, 0.717) is 28.5 Å². The van der Waals surface area contributed by atoms with Crippen LogP contribution in [-0.2, 0) is 29.4 Å². The van der Waals surface area contributed by atoms with E-state index in [1.807, 2.05) is 54.6 Å². The van der Waals surface area contributed by atoms with E-state index in [9.17, 15) is 21.9 Å². The lowest BCUT2D eigenvalue weighted by atomic mass is 9.90. The molecule has 37 heavy (non-hydrogen) atoms. The van der Waals surface area contributed by atoms with E-state index in [1.54, 1.807) is 18.3 Å². The number of hydrogen-bond donors (Lipinski definition) is 0. The lowest BCUT2D eigenvalue weighted by Gasteiger charge is -2.17. The van der Waals surface area contributed by atoms with Crippen LogP contribution in [0.15, 0.2) is 97.5 Å². The van der Waals surface area contributed by atoms with Gasteiger partial charge in [0.1, 0.15) is 0 Å². The van der Waals surface area contributed by atoms with Crippen molar-refractivity contribution >= 4 is 22.0 Å². The van der Waals surface area contributed by atoms with Crippen molar-refractivity contribution in [2.75, 3.05) is 0 Å². The van der Waals surface area contributed by atoms with Gasteiger partial charge in [0.25, 0.3) is 0 Å². The minimum absolute atomic E-state index is 0.103. The molecule has 0 N–H and O–H groups in total. The molecular weight excluding hydrogens is 497 g/mol. The maximum Gasteiger partial charge on any atom is 0.418 e. The van der Waals surface area contributed by atoms with Crippen LogP contribution < -0.4 is 0 Å². The number of alkyl halides is 3. The summed E-state index contributed by atoms with van der Waals surface area (Å²) in [6.07, 6.45) is 0.606. The molecule has 0 aliphatic rings. The Balaban J connectivity index is 1.70. The number of aromatic nitrogens is 2. The first kappa shape index (κ1) is 24.8. The molecule has 8 heteroatoms. The second kappa shape index (κ2) is 10.2. The molecule has 0 saturated heterocycles. The molecule has 2 heterocycles. The van der Waals surface area contributed by atoms with Crippen LogP contribution in [0.4, 0.5) is 13.2 Å². The van der Waals surface area contributed by atoms with Crippen LogP contribution in [0.1, 0.15) is 22.3 Å². The number of halogens is 3. The number of pyridine rings is 2. The van der Waals surface area contributed by atoms with Crippen LogP contribution in [0.2, 0.25) is 0 Å². The van der Waals surface area contributed by atoms with Gasteiger partial charge in [-0.1, -0.05) is 71.7 Å². The molecular formula is C29H20F3N2O2S-. The highest BCUT2D eigenvalue weighted by Gasteiger charge is 2.33.